The second kappa shape index (κ2) is 11.5. The molecule has 0 saturated carbocycles. The lowest BCUT2D eigenvalue weighted by Gasteiger charge is -2.30. The van der Waals surface area contributed by atoms with Gasteiger partial charge in [-0.1, -0.05) is 61.2 Å². The Kier molecular flexibility index (Phi) is 8.38. The summed E-state index contributed by atoms with van der Waals surface area (Å²) < 4.78 is 31.0. The third-order valence-corrected chi connectivity index (χ3v) is 7.46. The molecule has 0 aliphatic carbocycles. The normalized spacial score (nSPS) is 25.6. The van der Waals surface area contributed by atoms with Gasteiger partial charge in [0.15, 0.2) is 6.23 Å². The molecule has 36 heavy (non-hydrogen) atoms. The predicted octanol–water partition coefficient (Wildman–Crippen LogP) is 2.53. The van der Waals surface area contributed by atoms with Crippen molar-refractivity contribution in [3.05, 3.63) is 96.0 Å². The molecule has 0 bridgehead atoms. The quantitative estimate of drug-likeness (QED) is 0.352. The van der Waals surface area contributed by atoms with E-state index in [-0.39, 0.29) is 31.4 Å². The molecule has 11 heteroatoms. The first-order valence-electron chi connectivity index (χ1n) is 11.5. The van der Waals surface area contributed by atoms with Crippen molar-refractivity contribution in [2.24, 2.45) is 10.7 Å². The highest BCUT2D eigenvalue weighted by Gasteiger charge is 2.46. The number of aliphatic hydroxyl groups is 2. The Bertz CT molecular complexity index is 1170. The van der Waals surface area contributed by atoms with Crippen LogP contribution in [0.1, 0.15) is 16.7 Å². The Hall–Kier alpha value is -2.82. The lowest BCUT2D eigenvalue weighted by atomic mass is 10.1. The molecule has 4 rings (SSSR count). The lowest BCUT2D eigenvalue weighted by Crippen LogP contribution is -2.42. The number of ether oxygens (including phenoxy) is 1. The van der Waals surface area contributed by atoms with Crippen LogP contribution in [0.5, 0.6) is 0 Å². The minimum absolute atomic E-state index is 0.0584. The summed E-state index contributed by atoms with van der Waals surface area (Å²) in [5, 5.41) is 24.1. The van der Waals surface area contributed by atoms with Gasteiger partial charge in [-0.2, -0.15) is 0 Å². The molecule has 2 aromatic carbocycles. The smallest absolute Gasteiger partial charge is 0.387 e. The maximum absolute atomic E-state index is 13.7. The number of nitrogens with zero attached hydrogens (tertiary/aromatic N) is 2. The van der Waals surface area contributed by atoms with Gasteiger partial charge in [-0.3, -0.25) is 9.05 Å². The summed E-state index contributed by atoms with van der Waals surface area (Å²) in [7, 11) is -3.85. The van der Waals surface area contributed by atoms with Crippen LogP contribution in [-0.2, 0) is 31.5 Å². The van der Waals surface area contributed by atoms with Gasteiger partial charge in [0.25, 0.3) is 0 Å². The minimum Gasteiger partial charge on any atom is -0.387 e. The molecule has 2 aromatic rings. The summed E-state index contributed by atoms with van der Waals surface area (Å²) in [6, 6.07) is 17.0. The van der Waals surface area contributed by atoms with Gasteiger partial charge in [0.2, 0.25) is 0 Å². The largest absolute Gasteiger partial charge is 0.406 e. The summed E-state index contributed by atoms with van der Waals surface area (Å²) in [6.07, 6.45) is -1.46. The first-order valence-corrected chi connectivity index (χ1v) is 13.0. The zero-order valence-electron chi connectivity index (χ0n) is 19.9. The lowest BCUT2D eigenvalue weighted by molar-refractivity contribution is -0.0679. The number of nitrogens with two attached hydrogens (primary N) is 1. The molecule has 1 saturated heterocycles. The Balaban J connectivity index is 1.43. The van der Waals surface area contributed by atoms with Crippen LogP contribution in [0, 0.1) is 6.92 Å². The first kappa shape index (κ1) is 26.2. The van der Waals surface area contributed by atoms with Crippen LogP contribution in [0.25, 0.3) is 0 Å². The maximum Gasteiger partial charge on any atom is 0.406 e. The molecule has 2 aliphatic heterocycles. The van der Waals surface area contributed by atoms with Crippen molar-refractivity contribution in [1.82, 2.24) is 9.99 Å². The number of hydrogen-bond donors (Lipinski definition) is 4. The molecule has 5 unspecified atom stereocenters. The van der Waals surface area contributed by atoms with Gasteiger partial charge in [-0.05, 0) is 29.7 Å². The Morgan fingerprint density at radius 3 is 2.58 bits per heavy atom. The molecular weight excluding hydrogens is 483 g/mol. The van der Waals surface area contributed by atoms with Crippen molar-refractivity contribution < 1.29 is 28.6 Å². The molecule has 0 aromatic heterocycles. The van der Waals surface area contributed by atoms with Crippen molar-refractivity contribution in [1.29, 1.82) is 0 Å². The predicted molar refractivity (Wildman–Crippen MR) is 135 cm³/mol. The van der Waals surface area contributed by atoms with Gasteiger partial charge in [-0.25, -0.2) is 14.6 Å². The standard InChI is InChI=1S/C25H31N4O6P/c1-17-8-6-7-11-20(17)15-33-36(32,27-14-19-9-4-3-5-10-19)34-16-21-23(30)24(31)25(35-21)29-13-12-22(26)28-18(29)2/h3-13,21,23-25,30-31H,2,14-16H2,1H3,(H2,26,28)(H,27,32). The van der Waals surface area contributed by atoms with E-state index in [0.717, 1.165) is 16.7 Å². The number of aryl methyl sites for hydroxylation is 1. The van der Waals surface area contributed by atoms with E-state index in [1.54, 1.807) is 6.20 Å². The third-order valence-electron chi connectivity index (χ3n) is 5.95. The van der Waals surface area contributed by atoms with E-state index in [2.05, 4.69) is 16.7 Å². The fourth-order valence-corrected chi connectivity index (χ4v) is 5.11. The van der Waals surface area contributed by atoms with Gasteiger partial charge in [-0.15, -0.1) is 0 Å². The summed E-state index contributed by atoms with van der Waals surface area (Å²) >= 11 is 0. The average molecular weight is 515 g/mol. The molecule has 5 N–H and O–H groups in total. The van der Waals surface area contributed by atoms with Crippen molar-refractivity contribution in [3.63, 3.8) is 0 Å². The highest BCUT2D eigenvalue weighted by Crippen LogP contribution is 2.46. The third kappa shape index (κ3) is 6.29. The highest BCUT2D eigenvalue weighted by molar-refractivity contribution is 7.51. The van der Waals surface area contributed by atoms with Gasteiger partial charge in [0.05, 0.1) is 13.2 Å². The number of rotatable bonds is 10. The summed E-state index contributed by atoms with van der Waals surface area (Å²) in [5.74, 6) is 0.519. The number of amidine groups is 1. The van der Waals surface area contributed by atoms with E-state index in [9.17, 15) is 14.8 Å². The fourth-order valence-electron chi connectivity index (χ4n) is 3.83. The van der Waals surface area contributed by atoms with Crippen LogP contribution in [-0.4, -0.2) is 52.1 Å². The Morgan fingerprint density at radius 2 is 1.86 bits per heavy atom. The number of aliphatic imine (C=N–C) groups is 1. The van der Waals surface area contributed by atoms with Crippen molar-refractivity contribution >= 4 is 13.6 Å². The van der Waals surface area contributed by atoms with Gasteiger partial charge in [0, 0.05) is 12.7 Å². The molecule has 1 fully saturated rings. The molecule has 2 heterocycles. The summed E-state index contributed by atoms with van der Waals surface area (Å²) in [6.45, 7) is 5.74. The van der Waals surface area contributed by atoms with Crippen molar-refractivity contribution in [2.75, 3.05) is 6.61 Å². The number of nitrogens with one attached hydrogen (secondary N) is 1. The van der Waals surface area contributed by atoms with Gasteiger partial charge in [0.1, 0.15) is 30.0 Å². The second-order valence-electron chi connectivity index (χ2n) is 8.54. The van der Waals surface area contributed by atoms with E-state index in [1.165, 1.54) is 11.0 Å². The SMILES string of the molecule is C=C1N=C(N)C=CN1C1OC(COP(=O)(NCc2ccccc2)OCc2ccccc2C)C(O)C1O. The van der Waals surface area contributed by atoms with E-state index in [0.29, 0.717) is 0 Å². The van der Waals surface area contributed by atoms with E-state index < -0.39 is 32.3 Å². The van der Waals surface area contributed by atoms with E-state index in [1.807, 2.05) is 61.5 Å². The summed E-state index contributed by atoms with van der Waals surface area (Å²) in [5.41, 5.74) is 8.42. The van der Waals surface area contributed by atoms with Crippen LogP contribution in [0.3, 0.4) is 0 Å². The van der Waals surface area contributed by atoms with Crippen LogP contribution in [0.4, 0.5) is 0 Å². The maximum atomic E-state index is 13.7. The number of benzene rings is 2. The van der Waals surface area contributed by atoms with E-state index >= 15 is 0 Å². The summed E-state index contributed by atoms with van der Waals surface area (Å²) in [4.78, 5) is 5.52. The molecule has 192 valence electrons. The molecular formula is C25H31N4O6P. The zero-order chi connectivity index (χ0) is 25.7. The van der Waals surface area contributed by atoms with Crippen molar-refractivity contribution in [3.8, 4) is 0 Å². The van der Waals surface area contributed by atoms with Crippen LogP contribution < -0.4 is 10.8 Å². The molecule has 5 atom stereocenters. The fraction of sp³-hybridized carbons (Fsp3) is 0.320. The molecule has 2 aliphatic rings. The molecule has 10 nitrogen and oxygen atoms in total. The van der Waals surface area contributed by atoms with Gasteiger partial charge >= 0.3 is 7.75 Å². The number of hydrogen-bond acceptors (Lipinski definition) is 9. The Morgan fingerprint density at radius 1 is 1.14 bits per heavy atom. The minimum atomic E-state index is -3.85. The van der Waals surface area contributed by atoms with Crippen molar-refractivity contribution in [2.45, 2.75) is 44.6 Å². The zero-order valence-corrected chi connectivity index (χ0v) is 20.8. The van der Waals surface area contributed by atoms with E-state index in [4.69, 9.17) is 19.5 Å². The van der Waals surface area contributed by atoms with Crippen LogP contribution >= 0.6 is 7.75 Å². The molecule has 0 radical (unpaired) electrons. The topological polar surface area (TPSA) is 139 Å². The van der Waals surface area contributed by atoms with Crippen LogP contribution in [0.2, 0.25) is 0 Å². The molecule has 0 spiro atoms. The average Bonchev–Trinajstić information content (AvgIpc) is 3.15. The van der Waals surface area contributed by atoms with Gasteiger partial charge < -0.3 is 25.6 Å². The van der Waals surface area contributed by atoms with Crippen LogP contribution in [0.15, 0.2) is 84.3 Å². The second-order valence-corrected chi connectivity index (χ2v) is 10.4. The number of aliphatic hydroxyl groups excluding tert-OH is 2. The Labute approximate surface area is 210 Å². The molecule has 0 amide bonds. The monoisotopic (exact) mass is 514 g/mol. The first-order chi connectivity index (χ1) is 17.3. The highest BCUT2D eigenvalue weighted by atomic mass is 31.2.